The Bertz CT molecular complexity index is 792. The Morgan fingerprint density at radius 1 is 1.31 bits per heavy atom. The Morgan fingerprint density at radius 3 is 2.79 bits per heavy atom. The number of hydrogen-bond acceptors (Lipinski definition) is 6. The van der Waals surface area contributed by atoms with Crippen LogP contribution >= 0.6 is 0 Å². The molecule has 0 bridgehead atoms. The van der Waals surface area contributed by atoms with E-state index in [-0.39, 0.29) is 38.1 Å². The molecule has 2 saturated heterocycles. The van der Waals surface area contributed by atoms with E-state index in [0.717, 1.165) is 0 Å². The average molecular weight is 410 g/mol. The van der Waals surface area contributed by atoms with Crippen LogP contribution in [0.3, 0.4) is 0 Å². The molecule has 1 aromatic rings. The van der Waals surface area contributed by atoms with Crippen molar-refractivity contribution in [2.24, 2.45) is 0 Å². The third-order valence-electron chi connectivity index (χ3n) is 4.71. The number of carbonyl (C=O) groups excluding carboxylic acids is 3. The second-order valence-corrected chi connectivity index (χ2v) is 6.76. The molecule has 2 heterocycles. The summed E-state index contributed by atoms with van der Waals surface area (Å²) in [5, 5.41) is 3.86. The minimum absolute atomic E-state index is 0.0952. The number of nitrogens with one attached hydrogen (secondary N) is 1. The van der Waals surface area contributed by atoms with E-state index >= 15 is 0 Å². The van der Waals surface area contributed by atoms with Crippen LogP contribution in [0.2, 0.25) is 0 Å². The normalized spacial score (nSPS) is 19.8. The van der Waals surface area contributed by atoms with Crippen LogP contribution in [-0.4, -0.2) is 75.0 Å². The Balaban J connectivity index is 1.66. The number of hydroxylamine groups is 2. The van der Waals surface area contributed by atoms with Gasteiger partial charge in [-0.2, -0.15) is 0 Å². The highest BCUT2D eigenvalue weighted by molar-refractivity contribution is 5.90. The highest BCUT2D eigenvalue weighted by atomic mass is 19.1. The molecule has 0 radical (unpaired) electrons. The molecule has 1 atom stereocenters. The number of hydrogen-bond donors (Lipinski definition) is 2. The van der Waals surface area contributed by atoms with E-state index < -0.39 is 18.0 Å². The number of ether oxygens (including phenoxy) is 1. The Labute approximate surface area is 167 Å². The number of anilines is 2. The molecule has 4 N–H and O–H groups in total. The summed E-state index contributed by atoms with van der Waals surface area (Å²) in [5.41, 5.74) is 4.29. The molecular formula is C18H25FN5O5+. The highest BCUT2D eigenvalue weighted by Gasteiger charge is 2.33. The van der Waals surface area contributed by atoms with Gasteiger partial charge in [0.15, 0.2) is 6.54 Å². The average Bonchev–Trinajstić information content (AvgIpc) is 2.90. The van der Waals surface area contributed by atoms with Gasteiger partial charge < -0.3 is 20.7 Å². The summed E-state index contributed by atoms with van der Waals surface area (Å²) < 4.78 is 20.0. The molecule has 2 aliphatic heterocycles. The zero-order chi connectivity index (χ0) is 21.0. The van der Waals surface area contributed by atoms with Crippen LogP contribution in [0.25, 0.3) is 0 Å². The molecule has 10 nitrogen and oxygen atoms in total. The maximum absolute atomic E-state index is 14.8. The third kappa shape index (κ3) is 4.93. The van der Waals surface area contributed by atoms with Crippen LogP contribution in [0.15, 0.2) is 18.2 Å². The maximum Gasteiger partial charge on any atom is 0.414 e. The molecule has 1 unspecified atom stereocenters. The zero-order valence-corrected chi connectivity index (χ0v) is 16.2. The molecule has 3 rings (SSSR count). The Morgan fingerprint density at radius 2 is 2.10 bits per heavy atom. The molecule has 0 saturated carbocycles. The van der Waals surface area contributed by atoms with Crippen LogP contribution in [0.5, 0.6) is 0 Å². The quantitative estimate of drug-likeness (QED) is 0.650. The fourth-order valence-electron chi connectivity index (χ4n) is 3.23. The van der Waals surface area contributed by atoms with Crippen molar-refractivity contribution in [3.05, 3.63) is 24.0 Å². The van der Waals surface area contributed by atoms with Gasteiger partial charge in [0.25, 0.3) is 0 Å². The van der Waals surface area contributed by atoms with Gasteiger partial charge in [-0.3, -0.25) is 19.3 Å². The van der Waals surface area contributed by atoms with Crippen LogP contribution in [0.1, 0.15) is 6.92 Å². The second-order valence-electron chi connectivity index (χ2n) is 6.76. The number of amides is 3. The molecule has 11 heteroatoms. The van der Waals surface area contributed by atoms with Crippen molar-refractivity contribution in [3.63, 3.8) is 0 Å². The predicted octanol–water partition coefficient (Wildman–Crippen LogP) is -0.891. The molecule has 158 valence electrons. The summed E-state index contributed by atoms with van der Waals surface area (Å²) in [6.45, 7) is 3.28. The molecule has 0 aliphatic carbocycles. The number of quaternary nitrogens is 1. The van der Waals surface area contributed by atoms with Gasteiger partial charge in [0.1, 0.15) is 11.9 Å². The van der Waals surface area contributed by atoms with E-state index in [0.29, 0.717) is 31.0 Å². The fourth-order valence-corrected chi connectivity index (χ4v) is 3.23. The first-order valence-corrected chi connectivity index (χ1v) is 9.38. The lowest BCUT2D eigenvalue weighted by molar-refractivity contribution is -0.361. The Hall–Kier alpha value is -2.92. The first-order valence-electron chi connectivity index (χ1n) is 9.38. The van der Waals surface area contributed by atoms with Gasteiger partial charge in [0.2, 0.25) is 5.91 Å². The van der Waals surface area contributed by atoms with Gasteiger partial charge in [-0.25, -0.2) is 14.2 Å². The molecule has 0 spiro atoms. The van der Waals surface area contributed by atoms with E-state index in [9.17, 15) is 18.8 Å². The molecular weight excluding hydrogens is 385 g/mol. The number of halogens is 1. The first kappa shape index (κ1) is 20.8. The standard InChI is InChI=1S/C18H24FN5O5/c1-12(25)21-10-14-11-23(18(27)29-14)13-2-3-16(15(19)8-13)22-4-5-24(17(26)9-20)28-7-6-22/h2-3,8,14H,4-7,9-11,20H2,1H3,(H,21,25)/p+1. The largest absolute Gasteiger partial charge is 0.442 e. The lowest BCUT2D eigenvalue weighted by Gasteiger charge is -2.23. The van der Waals surface area contributed by atoms with Crippen LogP contribution in [0.4, 0.5) is 20.6 Å². The number of carbonyl (C=O) groups is 3. The van der Waals surface area contributed by atoms with Gasteiger partial charge in [0, 0.05) is 20.0 Å². The lowest BCUT2D eigenvalue weighted by atomic mass is 10.2. The molecule has 2 aliphatic rings. The smallest absolute Gasteiger partial charge is 0.414 e. The topological polar surface area (TPSA) is 119 Å². The Kier molecular flexibility index (Phi) is 6.49. The van der Waals surface area contributed by atoms with Gasteiger partial charge in [-0.05, 0) is 18.2 Å². The molecule has 3 amide bonds. The SMILES string of the molecule is CC(=O)NCC1CN(c2ccc(N3CCON(C(=O)C[NH3+])CC3)c(F)c2)C(=O)O1. The second kappa shape index (κ2) is 9.05. The molecule has 2 fully saturated rings. The van der Waals surface area contributed by atoms with Gasteiger partial charge in [0.05, 0.1) is 37.6 Å². The lowest BCUT2D eigenvalue weighted by Crippen LogP contribution is -2.58. The van der Waals surface area contributed by atoms with E-state index in [1.165, 1.54) is 23.0 Å². The summed E-state index contributed by atoms with van der Waals surface area (Å²) in [6.07, 6.45) is -1.08. The number of nitrogens with zero attached hydrogens (tertiary/aromatic N) is 3. The minimum Gasteiger partial charge on any atom is -0.442 e. The van der Waals surface area contributed by atoms with Gasteiger partial charge in [-0.15, -0.1) is 0 Å². The summed E-state index contributed by atoms with van der Waals surface area (Å²) >= 11 is 0. The van der Waals surface area contributed by atoms with Crippen molar-refractivity contribution >= 4 is 29.3 Å². The predicted molar refractivity (Wildman–Crippen MR) is 100 cm³/mol. The van der Waals surface area contributed by atoms with E-state index in [4.69, 9.17) is 9.57 Å². The summed E-state index contributed by atoms with van der Waals surface area (Å²) in [7, 11) is 0. The van der Waals surface area contributed by atoms with E-state index in [2.05, 4.69) is 11.1 Å². The summed E-state index contributed by atoms with van der Waals surface area (Å²) in [5.74, 6) is -0.923. The van der Waals surface area contributed by atoms with Crippen molar-refractivity contribution in [1.82, 2.24) is 10.4 Å². The van der Waals surface area contributed by atoms with E-state index in [1.54, 1.807) is 17.0 Å². The zero-order valence-electron chi connectivity index (χ0n) is 16.2. The molecule has 0 aromatic heterocycles. The van der Waals surface area contributed by atoms with E-state index in [1.807, 2.05) is 0 Å². The van der Waals surface area contributed by atoms with Crippen LogP contribution < -0.4 is 20.9 Å². The third-order valence-corrected chi connectivity index (χ3v) is 4.71. The van der Waals surface area contributed by atoms with Crippen molar-refractivity contribution in [1.29, 1.82) is 0 Å². The van der Waals surface area contributed by atoms with Gasteiger partial charge in [-0.1, -0.05) is 0 Å². The number of cyclic esters (lactones) is 1. The summed E-state index contributed by atoms with van der Waals surface area (Å²) in [4.78, 5) is 43.4. The first-order chi connectivity index (χ1) is 13.9. The highest BCUT2D eigenvalue weighted by Crippen LogP contribution is 2.28. The molecule has 1 aromatic carbocycles. The fraction of sp³-hybridized carbons (Fsp3) is 0.500. The van der Waals surface area contributed by atoms with Crippen molar-refractivity contribution < 1.29 is 34.1 Å². The molecule has 29 heavy (non-hydrogen) atoms. The number of benzene rings is 1. The minimum atomic E-state index is -0.585. The van der Waals surface area contributed by atoms with Crippen molar-refractivity contribution in [2.45, 2.75) is 13.0 Å². The number of rotatable bonds is 5. The maximum atomic E-state index is 14.8. The van der Waals surface area contributed by atoms with Crippen molar-refractivity contribution in [2.75, 3.05) is 55.7 Å². The van der Waals surface area contributed by atoms with Gasteiger partial charge >= 0.3 is 12.0 Å². The monoisotopic (exact) mass is 410 g/mol. The van der Waals surface area contributed by atoms with Crippen molar-refractivity contribution in [3.8, 4) is 0 Å². The van der Waals surface area contributed by atoms with Crippen LogP contribution in [0, 0.1) is 5.82 Å². The summed E-state index contributed by atoms with van der Waals surface area (Å²) in [6, 6.07) is 4.52. The van der Waals surface area contributed by atoms with Crippen LogP contribution in [-0.2, 0) is 19.2 Å².